The maximum absolute atomic E-state index is 12.3. The Labute approximate surface area is 198 Å². The Hall–Kier alpha value is -3.63. The van der Waals surface area contributed by atoms with Crippen LogP contribution in [-0.2, 0) is 44.7 Å². The first-order chi connectivity index (χ1) is 16.3. The van der Waals surface area contributed by atoms with Crippen LogP contribution in [0.15, 0.2) is 30.3 Å². The highest BCUT2D eigenvalue weighted by Crippen LogP contribution is 2.15. The fourth-order valence-electron chi connectivity index (χ4n) is 3.00. The summed E-state index contributed by atoms with van der Waals surface area (Å²) in [5.41, 5.74) is 0.884. The number of rotatable bonds is 14. The summed E-state index contributed by atoms with van der Waals surface area (Å²) in [5.74, 6) is -4.27. The summed E-state index contributed by atoms with van der Waals surface area (Å²) in [6, 6.07) is 7.89. The van der Waals surface area contributed by atoms with Crippen LogP contribution in [0.1, 0.15) is 37.7 Å². The number of amides is 2. The Kier molecular flexibility index (Phi) is 13.4. The summed E-state index contributed by atoms with van der Waals surface area (Å²) in [6.45, 7) is 0.556. The van der Waals surface area contributed by atoms with Gasteiger partial charge in [0, 0.05) is 13.0 Å². The molecule has 1 aromatic rings. The van der Waals surface area contributed by atoms with Crippen LogP contribution in [0, 0.1) is 5.92 Å². The molecule has 0 aromatic heterocycles. The second-order valence-electron chi connectivity index (χ2n) is 7.28. The average molecular weight is 481 g/mol. The van der Waals surface area contributed by atoms with E-state index in [2.05, 4.69) is 24.8 Å². The van der Waals surface area contributed by atoms with Crippen molar-refractivity contribution in [2.24, 2.45) is 5.92 Å². The number of alkyl carbamates (subject to hydrolysis) is 1. The standard InChI is InChI=1S/C23H32N2O9/c1-31-19(27)14-17(21(28)32-2)20(22(29)33-3)25-18(26)12-8-5-9-13-24-23(30)34-15-16-10-6-4-7-11-16/h4,6-7,10-11,17,20H,5,8-9,12-15H2,1-3H3,(H,24,30)(H,25,26)/t17-,20+/m0/s1. The Bertz CT molecular complexity index is 814. The first kappa shape index (κ1) is 28.4. The molecule has 0 heterocycles. The molecule has 0 bridgehead atoms. The first-order valence-corrected chi connectivity index (χ1v) is 10.8. The quantitative estimate of drug-likeness (QED) is 0.230. The molecule has 0 fully saturated rings. The molecule has 0 saturated heterocycles. The lowest BCUT2D eigenvalue weighted by molar-refractivity contribution is -0.159. The molecule has 0 aliphatic carbocycles. The van der Waals surface area contributed by atoms with E-state index in [-0.39, 0.29) is 13.0 Å². The van der Waals surface area contributed by atoms with E-state index in [1.165, 1.54) is 0 Å². The number of esters is 3. The molecule has 1 rings (SSSR count). The number of methoxy groups -OCH3 is 3. The van der Waals surface area contributed by atoms with Crippen LogP contribution >= 0.6 is 0 Å². The first-order valence-electron chi connectivity index (χ1n) is 10.8. The minimum atomic E-state index is -1.40. The lowest BCUT2D eigenvalue weighted by atomic mass is 9.95. The summed E-state index contributed by atoms with van der Waals surface area (Å²) in [7, 11) is 3.35. The third-order valence-electron chi connectivity index (χ3n) is 4.85. The molecule has 2 N–H and O–H groups in total. The number of unbranched alkanes of at least 4 members (excludes halogenated alkanes) is 2. The van der Waals surface area contributed by atoms with E-state index in [9.17, 15) is 24.0 Å². The van der Waals surface area contributed by atoms with Crippen LogP contribution in [0.3, 0.4) is 0 Å². The zero-order chi connectivity index (χ0) is 25.3. The molecule has 0 saturated carbocycles. The summed E-state index contributed by atoms with van der Waals surface area (Å²) >= 11 is 0. The van der Waals surface area contributed by atoms with Gasteiger partial charge in [-0.15, -0.1) is 0 Å². The molecule has 0 aliphatic heterocycles. The van der Waals surface area contributed by atoms with Gasteiger partial charge in [-0.25, -0.2) is 9.59 Å². The van der Waals surface area contributed by atoms with Gasteiger partial charge < -0.3 is 29.6 Å². The maximum Gasteiger partial charge on any atom is 0.407 e. The van der Waals surface area contributed by atoms with Gasteiger partial charge >= 0.3 is 24.0 Å². The van der Waals surface area contributed by atoms with Crippen molar-refractivity contribution in [1.29, 1.82) is 0 Å². The number of hydrogen-bond donors (Lipinski definition) is 2. The van der Waals surface area contributed by atoms with Gasteiger partial charge in [-0.05, 0) is 18.4 Å². The monoisotopic (exact) mass is 480 g/mol. The predicted molar refractivity (Wildman–Crippen MR) is 119 cm³/mol. The van der Waals surface area contributed by atoms with Gasteiger partial charge in [-0.2, -0.15) is 0 Å². The lowest BCUT2D eigenvalue weighted by Gasteiger charge is -2.23. The van der Waals surface area contributed by atoms with Crippen LogP contribution in [0.5, 0.6) is 0 Å². The number of ether oxygens (including phenoxy) is 4. The van der Waals surface area contributed by atoms with E-state index >= 15 is 0 Å². The van der Waals surface area contributed by atoms with Crippen LogP contribution in [0.2, 0.25) is 0 Å². The van der Waals surface area contributed by atoms with E-state index in [4.69, 9.17) is 4.74 Å². The van der Waals surface area contributed by atoms with Gasteiger partial charge in [-0.3, -0.25) is 14.4 Å². The molecule has 2 amide bonds. The Morgan fingerprint density at radius 1 is 0.853 bits per heavy atom. The third-order valence-corrected chi connectivity index (χ3v) is 4.85. The van der Waals surface area contributed by atoms with Crippen LogP contribution in [-0.4, -0.2) is 63.8 Å². The number of benzene rings is 1. The highest BCUT2D eigenvalue weighted by Gasteiger charge is 2.38. The lowest BCUT2D eigenvalue weighted by Crippen LogP contribution is -2.50. The van der Waals surface area contributed by atoms with Gasteiger partial charge in [0.15, 0.2) is 0 Å². The second kappa shape index (κ2) is 16.1. The van der Waals surface area contributed by atoms with Crippen molar-refractivity contribution in [3.63, 3.8) is 0 Å². The number of nitrogens with one attached hydrogen (secondary N) is 2. The minimum Gasteiger partial charge on any atom is -0.469 e. The van der Waals surface area contributed by atoms with E-state index in [1.807, 2.05) is 30.3 Å². The second-order valence-corrected chi connectivity index (χ2v) is 7.28. The maximum atomic E-state index is 12.3. The van der Waals surface area contributed by atoms with Gasteiger partial charge in [0.2, 0.25) is 5.91 Å². The molecule has 11 nitrogen and oxygen atoms in total. The van der Waals surface area contributed by atoms with E-state index in [1.54, 1.807) is 0 Å². The van der Waals surface area contributed by atoms with E-state index < -0.39 is 48.3 Å². The summed E-state index contributed by atoms with van der Waals surface area (Å²) in [4.78, 5) is 59.9. The average Bonchev–Trinajstić information content (AvgIpc) is 2.86. The molecule has 0 radical (unpaired) electrons. The normalized spacial score (nSPS) is 12.0. The fourth-order valence-corrected chi connectivity index (χ4v) is 3.00. The van der Waals surface area contributed by atoms with Crippen molar-refractivity contribution < 1.29 is 42.9 Å². The highest BCUT2D eigenvalue weighted by atomic mass is 16.5. The Balaban J connectivity index is 2.39. The highest BCUT2D eigenvalue weighted by molar-refractivity contribution is 5.91. The van der Waals surface area contributed by atoms with Gasteiger partial charge in [0.1, 0.15) is 12.6 Å². The van der Waals surface area contributed by atoms with E-state index in [0.717, 1.165) is 26.9 Å². The van der Waals surface area contributed by atoms with Crippen molar-refractivity contribution in [2.45, 2.75) is 44.8 Å². The molecular formula is C23H32N2O9. The van der Waals surface area contributed by atoms with Crippen molar-refractivity contribution in [2.75, 3.05) is 27.9 Å². The smallest absolute Gasteiger partial charge is 0.407 e. The minimum absolute atomic E-state index is 0.0675. The molecule has 0 spiro atoms. The van der Waals surface area contributed by atoms with Crippen molar-refractivity contribution in [3.8, 4) is 0 Å². The third kappa shape index (κ3) is 10.8. The van der Waals surface area contributed by atoms with Gasteiger partial charge in [-0.1, -0.05) is 36.8 Å². The molecule has 34 heavy (non-hydrogen) atoms. The SMILES string of the molecule is COC(=O)C[C@H](C(=O)OC)[C@@H](NC(=O)CCCCCNC(=O)OCc1ccccc1)C(=O)OC. The van der Waals surface area contributed by atoms with E-state index in [0.29, 0.717) is 25.8 Å². The topological polar surface area (TPSA) is 146 Å². The molecule has 188 valence electrons. The fraction of sp³-hybridized carbons (Fsp3) is 0.522. The zero-order valence-corrected chi connectivity index (χ0v) is 19.7. The van der Waals surface area contributed by atoms with Gasteiger partial charge in [0.25, 0.3) is 0 Å². The molecular weight excluding hydrogens is 448 g/mol. The molecule has 0 unspecified atom stereocenters. The zero-order valence-electron chi connectivity index (χ0n) is 19.7. The van der Waals surface area contributed by atoms with Crippen LogP contribution in [0.25, 0.3) is 0 Å². The molecule has 2 atom stereocenters. The predicted octanol–water partition coefficient (Wildman–Crippen LogP) is 1.48. The van der Waals surface area contributed by atoms with Crippen molar-refractivity contribution in [3.05, 3.63) is 35.9 Å². The summed E-state index contributed by atoms with van der Waals surface area (Å²) in [5, 5.41) is 5.08. The Morgan fingerprint density at radius 3 is 2.15 bits per heavy atom. The summed E-state index contributed by atoms with van der Waals surface area (Å²) in [6.07, 6.45) is 0.786. The van der Waals surface area contributed by atoms with Crippen molar-refractivity contribution >= 4 is 29.9 Å². The number of carbonyl (C=O) groups is 5. The number of hydrogen-bond acceptors (Lipinski definition) is 9. The van der Waals surface area contributed by atoms with Crippen molar-refractivity contribution in [1.82, 2.24) is 10.6 Å². The largest absolute Gasteiger partial charge is 0.469 e. The number of carbonyl (C=O) groups excluding carboxylic acids is 5. The molecule has 11 heteroatoms. The van der Waals surface area contributed by atoms with Crippen LogP contribution in [0.4, 0.5) is 4.79 Å². The molecule has 1 aromatic carbocycles. The Morgan fingerprint density at radius 2 is 1.53 bits per heavy atom. The molecule has 0 aliphatic rings. The van der Waals surface area contributed by atoms with Gasteiger partial charge in [0.05, 0.1) is 33.7 Å². The summed E-state index contributed by atoms with van der Waals surface area (Å²) < 4.78 is 19.0. The van der Waals surface area contributed by atoms with Crippen LogP contribution < -0.4 is 10.6 Å².